The van der Waals surface area contributed by atoms with Gasteiger partial charge >= 0.3 is 5.97 Å². The molecule has 1 heterocycles. The van der Waals surface area contributed by atoms with E-state index in [9.17, 15) is 14.0 Å². The largest absolute Gasteiger partial charge is 0.456 e. The van der Waals surface area contributed by atoms with E-state index >= 15 is 0 Å². The summed E-state index contributed by atoms with van der Waals surface area (Å²) in [4.78, 5) is 29.3. The van der Waals surface area contributed by atoms with E-state index in [0.717, 1.165) is 0 Å². The van der Waals surface area contributed by atoms with Crippen molar-refractivity contribution in [1.29, 1.82) is 0 Å². The molecule has 0 saturated carbocycles. The van der Waals surface area contributed by atoms with Crippen LogP contribution < -0.4 is 5.32 Å². The number of nitrogens with zero attached hydrogens (tertiary/aromatic N) is 2. The maximum Gasteiger partial charge on any atom is 0.329 e. The van der Waals surface area contributed by atoms with Crippen LogP contribution in [0, 0.1) is 11.7 Å². The molecule has 2 atom stereocenters. The van der Waals surface area contributed by atoms with Crippen molar-refractivity contribution in [1.82, 2.24) is 15.5 Å². The van der Waals surface area contributed by atoms with Crippen LogP contribution in [0.15, 0.2) is 53.1 Å². The number of aromatic nitrogens is 2. The second kappa shape index (κ2) is 10.2. The van der Waals surface area contributed by atoms with Crippen molar-refractivity contribution in [3.8, 4) is 11.5 Å². The topological polar surface area (TPSA) is 94.3 Å². The van der Waals surface area contributed by atoms with Crippen LogP contribution in [-0.2, 0) is 16.1 Å². The van der Waals surface area contributed by atoms with Gasteiger partial charge in [-0.2, -0.15) is 4.98 Å². The Kier molecular flexibility index (Phi) is 7.36. The van der Waals surface area contributed by atoms with Crippen LogP contribution in [0.5, 0.6) is 0 Å². The van der Waals surface area contributed by atoms with Crippen molar-refractivity contribution < 1.29 is 23.2 Å². The zero-order chi connectivity index (χ0) is 22.4. The Labute approximate surface area is 183 Å². The molecule has 3 aromatic rings. The Morgan fingerprint density at radius 1 is 1.16 bits per heavy atom. The fourth-order valence-corrected chi connectivity index (χ4v) is 2.87. The molecule has 0 aliphatic carbocycles. The zero-order valence-corrected chi connectivity index (χ0v) is 17.7. The van der Waals surface area contributed by atoms with Crippen molar-refractivity contribution in [2.75, 3.05) is 0 Å². The highest BCUT2D eigenvalue weighted by molar-refractivity contribution is 6.30. The summed E-state index contributed by atoms with van der Waals surface area (Å²) in [6.07, 6.45) is 0.650. The summed E-state index contributed by atoms with van der Waals surface area (Å²) in [6, 6.07) is 11.1. The third kappa shape index (κ3) is 5.88. The highest BCUT2D eigenvalue weighted by Crippen LogP contribution is 2.18. The summed E-state index contributed by atoms with van der Waals surface area (Å²) in [5.41, 5.74) is 0.923. The van der Waals surface area contributed by atoms with Gasteiger partial charge in [-0.3, -0.25) is 4.79 Å². The van der Waals surface area contributed by atoms with E-state index in [1.54, 1.807) is 24.3 Å². The van der Waals surface area contributed by atoms with Crippen LogP contribution in [0.3, 0.4) is 0 Å². The molecule has 0 fully saturated rings. The summed E-state index contributed by atoms with van der Waals surface area (Å²) < 4.78 is 23.5. The number of esters is 1. The van der Waals surface area contributed by atoms with Crippen molar-refractivity contribution >= 4 is 23.5 Å². The standard InChI is InChI=1S/C22H21ClFN3O4/c1-3-13(2)19(26-20(28)14-4-8-16(23)9-5-14)22(29)30-12-18-25-21(31-27-18)15-6-10-17(24)11-7-15/h4-11,13,19H,3,12H2,1-2H3,(H,26,28)/t13-,19-/m0/s1. The van der Waals surface area contributed by atoms with E-state index in [4.69, 9.17) is 20.9 Å². The van der Waals surface area contributed by atoms with Crippen LogP contribution in [0.2, 0.25) is 5.02 Å². The maximum absolute atomic E-state index is 13.0. The van der Waals surface area contributed by atoms with E-state index in [1.165, 1.54) is 24.3 Å². The van der Waals surface area contributed by atoms with Gasteiger partial charge in [-0.15, -0.1) is 0 Å². The minimum Gasteiger partial charge on any atom is -0.456 e. The Morgan fingerprint density at radius 3 is 2.48 bits per heavy atom. The summed E-state index contributed by atoms with van der Waals surface area (Å²) in [6.45, 7) is 3.52. The van der Waals surface area contributed by atoms with Crippen LogP contribution in [0.25, 0.3) is 11.5 Å². The van der Waals surface area contributed by atoms with Gasteiger partial charge in [-0.1, -0.05) is 37.0 Å². The van der Waals surface area contributed by atoms with Gasteiger partial charge in [0.15, 0.2) is 6.61 Å². The third-order valence-corrected chi connectivity index (χ3v) is 5.01. The minimum atomic E-state index is -0.850. The first kappa shape index (κ1) is 22.4. The molecule has 0 aliphatic rings. The van der Waals surface area contributed by atoms with Crippen molar-refractivity contribution in [3.05, 3.63) is 70.8 Å². The van der Waals surface area contributed by atoms with Crippen molar-refractivity contribution in [2.45, 2.75) is 32.9 Å². The lowest BCUT2D eigenvalue weighted by Gasteiger charge is -2.22. The van der Waals surface area contributed by atoms with Crippen LogP contribution in [0.1, 0.15) is 36.5 Å². The molecule has 2 aromatic carbocycles. The van der Waals surface area contributed by atoms with Gasteiger partial charge in [0.05, 0.1) is 0 Å². The number of carbonyl (C=O) groups is 2. The van der Waals surface area contributed by atoms with Crippen LogP contribution in [-0.4, -0.2) is 28.1 Å². The molecule has 0 saturated heterocycles. The molecular formula is C22H21ClFN3O4. The molecule has 0 unspecified atom stereocenters. The molecule has 0 aliphatic heterocycles. The predicted molar refractivity (Wildman–Crippen MR) is 112 cm³/mol. The number of carbonyl (C=O) groups excluding carboxylic acids is 2. The summed E-state index contributed by atoms with van der Waals surface area (Å²) >= 11 is 5.85. The minimum absolute atomic E-state index is 0.152. The normalized spacial score (nSPS) is 12.8. The number of hydrogen-bond donors (Lipinski definition) is 1. The SMILES string of the molecule is CC[C@H](C)[C@H](NC(=O)c1ccc(Cl)cc1)C(=O)OCc1noc(-c2ccc(F)cc2)n1. The fraction of sp³-hybridized carbons (Fsp3) is 0.273. The first-order valence-corrected chi connectivity index (χ1v) is 10.1. The number of hydrogen-bond acceptors (Lipinski definition) is 6. The number of halogens is 2. The highest BCUT2D eigenvalue weighted by Gasteiger charge is 2.28. The average molecular weight is 446 g/mol. The van der Waals surface area contributed by atoms with E-state index < -0.39 is 17.9 Å². The molecule has 1 amide bonds. The molecule has 1 aromatic heterocycles. The molecule has 0 bridgehead atoms. The first-order valence-electron chi connectivity index (χ1n) is 9.69. The Balaban J connectivity index is 1.63. The van der Waals surface area contributed by atoms with E-state index in [-0.39, 0.29) is 30.1 Å². The third-order valence-electron chi connectivity index (χ3n) is 4.76. The van der Waals surface area contributed by atoms with Gasteiger partial charge < -0.3 is 14.6 Å². The second-order valence-corrected chi connectivity index (χ2v) is 7.41. The highest BCUT2D eigenvalue weighted by atomic mass is 35.5. The maximum atomic E-state index is 13.0. The summed E-state index contributed by atoms with van der Waals surface area (Å²) in [5, 5.41) is 7.00. The number of ether oxygens (including phenoxy) is 1. The lowest BCUT2D eigenvalue weighted by Crippen LogP contribution is -2.46. The van der Waals surface area contributed by atoms with Gasteiger partial charge in [-0.05, 0) is 54.4 Å². The van der Waals surface area contributed by atoms with Crippen molar-refractivity contribution in [3.63, 3.8) is 0 Å². The van der Waals surface area contributed by atoms with Crippen LogP contribution >= 0.6 is 11.6 Å². The number of amides is 1. The van der Waals surface area contributed by atoms with Gasteiger partial charge in [0.1, 0.15) is 11.9 Å². The monoisotopic (exact) mass is 445 g/mol. The summed E-state index contributed by atoms with van der Waals surface area (Å²) in [5.74, 6) is -1.22. The Hall–Kier alpha value is -3.26. The molecular weight excluding hydrogens is 425 g/mol. The molecule has 1 N–H and O–H groups in total. The van der Waals surface area contributed by atoms with Gasteiger partial charge in [0, 0.05) is 16.1 Å². The molecule has 31 heavy (non-hydrogen) atoms. The van der Waals surface area contributed by atoms with Crippen molar-refractivity contribution in [2.24, 2.45) is 5.92 Å². The number of benzene rings is 2. The molecule has 9 heteroatoms. The van der Waals surface area contributed by atoms with E-state index in [1.807, 2.05) is 13.8 Å². The Morgan fingerprint density at radius 2 is 1.84 bits per heavy atom. The molecule has 0 radical (unpaired) electrons. The van der Waals surface area contributed by atoms with E-state index in [2.05, 4.69) is 15.5 Å². The second-order valence-electron chi connectivity index (χ2n) is 6.97. The Bertz CT molecular complexity index is 1040. The fourth-order valence-electron chi connectivity index (χ4n) is 2.74. The summed E-state index contributed by atoms with van der Waals surface area (Å²) in [7, 11) is 0. The van der Waals surface area contributed by atoms with Gasteiger partial charge in [0.25, 0.3) is 11.8 Å². The van der Waals surface area contributed by atoms with Gasteiger partial charge in [0.2, 0.25) is 5.82 Å². The lowest BCUT2D eigenvalue weighted by atomic mass is 9.99. The lowest BCUT2D eigenvalue weighted by molar-refractivity contribution is -0.149. The first-order chi connectivity index (χ1) is 14.9. The molecule has 7 nitrogen and oxygen atoms in total. The number of rotatable bonds is 8. The number of nitrogens with one attached hydrogen (secondary N) is 1. The molecule has 3 rings (SSSR count). The van der Waals surface area contributed by atoms with Gasteiger partial charge in [-0.25, -0.2) is 9.18 Å². The smallest absolute Gasteiger partial charge is 0.329 e. The quantitative estimate of drug-likeness (QED) is 0.516. The molecule has 162 valence electrons. The van der Waals surface area contributed by atoms with E-state index in [0.29, 0.717) is 22.6 Å². The zero-order valence-electron chi connectivity index (χ0n) is 17.0. The molecule has 0 spiro atoms. The average Bonchev–Trinajstić information content (AvgIpc) is 3.25. The predicted octanol–water partition coefficient (Wildman–Crippen LogP) is 4.42. The van der Waals surface area contributed by atoms with Crippen LogP contribution in [0.4, 0.5) is 4.39 Å².